The smallest absolute Gasteiger partial charge is 0.126 e. The van der Waals surface area contributed by atoms with E-state index in [1.54, 1.807) is 18.6 Å². The summed E-state index contributed by atoms with van der Waals surface area (Å²) in [5, 5.41) is 6.68. The standard InChI is InChI=1S/C14H12N4/c15-14-13(9-17-18-14)12-3-1-2-11(8-12)10-4-6-16-7-5-10/h1-9H,(H3,15,17,18). The van der Waals surface area contributed by atoms with E-state index in [0.29, 0.717) is 5.82 Å². The molecule has 0 saturated carbocycles. The number of H-pyrrole nitrogens is 1. The van der Waals surface area contributed by atoms with Crippen molar-refractivity contribution in [3.05, 3.63) is 55.0 Å². The lowest BCUT2D eigenvalue weighted by Crippen LogP contribution is -1.88. The van der Waals surface area contributed by atoms with Crippen molar-refractivity contribution in [1.29, 1.82) is 0 Å². The van der Waals surface area contributed by atoms with Crippen LogP contribution in [0.25, 0.3) is 22.3 Å². The highest BCUT2D eigenvalue weighted by Crippen LogP contribution is 2.28. The van der Waals surface area contributed by atoms with Gasteiger partial charge in [-0.1, -0.05) is 18.2 Å². The molecule has 0 atom stereocenters. The Balaban J connectivity index is 2.08. The average Bonchev–Trinajstić information content (AvgIpc) is 2.86. The van der Waals surface area contributed by atoms with Crippen LogP contribution in [0.4, 0.5) is 5.82 Å². The number of pyridine rings is 1. The van der Waals surface area contributed by atoms with Crippen molar-refractivity contribution in [3.8, 4) is 22.3 Å². The second-order valence-electron chi connectivity index (χ2n) is 4.01. The van der Waals surface area contributed by atoms with Gasteiger partial charge in [0.25, 0.3) is 0 Å². The fourth-order valence-corrected chi connectivity index (χ4v) is 1.94. The lowest BCUT2D eigenvalue weighted by Gasteiger charge is -2.04. The zero-order valence-corrected chi connectivity index (χ0v) is 9.67. The predicted molar refractivity (Wildman–Crippen MR) is 71.7 cm³/mol. The largest absolute Gasteiger partial charge is 0.384 e. The van der Waals surface area contributed by atoms with Crippen LogP contribution in [0.3, 0.4) is 0 Å². The number of aromatic nitrogens is 3. The normalized spacial score (nSPS) is 10.4. The van der Waals surface area contributed by atoms with Gasteiger partial charge >= 0.3 is 0 Å². The molecular formula is C14H12N4. The van der Waals surface area contributed by atoms with Gasteiger partial charge in [0.2, 0.25) is 0 Å². The van der Waals surface area contributed by atoms with E-state index in [-0.39, 0.29) is 0 Å². The second-order valence-corrected chi connectivity index (χ2v) is 4.01. The molecule has 2 aromatic heterocycles. The monoisotopic (exact) mass is 236 g/mol. The van der Waals surface area contributed by atoms with Crippen LogP contribution in [0.15, 0.2) is 55.0 Å². The molecule has 0 saturated heterocycles. The number of hydrogen-bond acceptors (Lipinski definition) is 3. The van der Waals surface area contributed by atoms with Crippen LogP contribution in [0.1, 0.15) is 0 Å². The molecule has 0 fully saturated rings. The van der Waals surface area contributed by atoms with Crippen LogP contribution in [0.5, 0.6) is 0 Å². The highest BCUT2D eigenvalue weighted by molar-refractivity contribution is 5.77. The van der Waals surface area contributed by atoms with Gasteiger partial charge in [0.15, 0.2) is 0 Å². The zero-order chi connectivity index (χ0) is 12.4. The molecule has 0 aliphatic heterocycles. The van der Waals surface area contributed by atoms with Crippen LogP contribution in [0.2, 0.25) is 0 Å². The van der Waals surface area contributed by atoms with Gasteiger partial charge in [0, 0.05) is 18.0 Å². The minimum absolute atomic E-state index is 0.585. The number of hydrogen-bond donors (Lipinski definition) is 2. The number of aromatic amines is 1. The molecule has 2 heterocycles. The maximum atomic E-state index is 5.83. The van der Waals surface area contributed by atoms with Crippen molar-refractivity contribution < 1.29 is 0 Å². The van der Waals surface area contributed by atoms with Crippen LogP contribution < -0.4 is 5.73 Å². The summed E-state index contributed by atoms with van der Waals surface area (Å²) in [6.45, 7) is 0. The number of nitrogen functional groups attached to an aromatic ring is 1. The average molecular weight is 236 g/mol. The molecule has 0 bridgehead atoms. The summed E-state index contributed by atoms with van der Waals surface area (Å²) in [6, 6.07) is 12.2. The molecular weight excluding hydrogens is 224 g/mol. The van der Waals surface area contributed by atoms with Gasteiger partial charge in [-0.25, -0.2) is 0 Å². The maximum Gasteiger partial charge on any atom is 0.126 e. The first-order valence-electron chi connectivity index (χ1n) is 5.64. The van der Waals surface area contributed by atoms with E-state index in [4.69, 9.17) is 5.73 Å². The van der Waals surface area contributed by atoms with Crippen molar-refractivity contribution in [2.75, 3.05) is 5.73 Å². The third kappa shape index (κ3) is 1.84. The minimum atomic E-state index is 0.585. The van der Waals surface area contributed by atoms with E-state index in [1.165, 1.54) is 0 Å². The number of benzene rings is 1. The van der Waals surface area contributed by atoms with E-state index in [0.717, 1.165) is 22.3 Å². The summed E-state index contributed by atoms with van der Waals surface area (Å²) in [6.07, 6.45) is 5.31. The van der Waals surface area contributed by atoms with E-state index in [2.05, 4.69) is 27.3 Å². The Hall–Kier alpha value is -2.62. The van der Waals surface area contributed by atoms with E-state index in [1.807, 2.05) is 24.3 Å². The zero-order valence-electron chi connectivity index (χ0n) is 9.67. The van der Waals surface area contributed by atoms with Gasteiger partial charge in [-0.2, -0.15) is 5.10 Å². The summed E-state index contributed by atoms with van der Waals surface area (Å²) >= 11 is 0. The molecule has 0 unspecified atom stereocenters. The third-order valence-corrected chi connectivity index (χ3v) is 2.86. The minimum Gasteiger partial charge on any atom is -0.384 e. The van der Waals surface area contributed by atoms with E-state index >= 15 is 0 Å². The lowest BCUT2D eigenvalue weighted by molar-refractivity contribution is 1.10. The number of nitrogens with one attached hydrogen (secondary N) is 1. The van der Waals surface area contributed by atoms with Crippen molar-refractivity contribution in [2.24, 2.45) is 0 Å². The quantitative estimate of drug-likeness (QED) is 0.718. The summed E-state index contributed by atoms with van der Waals surface area (Å²) in [5.41, 5.74) is 10.1. The van der Waals surface area contributed by atoms with Gasteiger partial charge in [-0.05, 0) is 34.9 Å². The van der Waals surface area contributed by atoms with Gasteiger partial charge in [0.05, 0.1) is 6.20 Å². The molecule has 0 radical (unpaired) electrons. The van der Waals surface area contributed by atoms with Crippen LogP contribution in [-0.2, 0) is 0 Å². The first kappa shape index (κ1) is 10.5. The molecule has 4 heteroatoms. The van der Waals surface area contributed by atoms with E-state index in [9.17, 15) is 0 Å². The van der Waals surface area contributed by atoms with Crippen LogP contribution >= 0.6 is 0 Å². The maximum absolute atomic E-state index is 5.83. The molecule has 0 spiro atoms. The molecule has 3 N–H and O–H groups in total. The summed E-state index contributed by atoms with van der Waals surface area (Å²) < 4.78 is 0. The topological polar surface area (TPSA) is 67.6 Å². The first-order valence-corrected chi connectivity index (χ1v) is 5.64. The highest BCUT2D eigenvalue weighted by Gasteiger charge is 2.05. The molecule has 3 rings (SSSR count). The summed E-state index contributed by atoms with van der Waals surface area (Å²) in [4.78, 5) is 4.02. The molecule has 18 heavy (non-hydrogen) atoms. The Morgan fingerprint density at radius 2 is 1.72 bits per heavy atom. The number of nitrogens with zero attached hydrogens (tertiary/aromatic N) is 2. The van der Waals surface area contributed by atoms with Crippen molar-refractivity contribution in [1.82, 2.24) is 15.2 Å². The molecule has 0 aliphatic carbocycles. The first-order chi connectivity index (χ1) is 8.84. The van der Waals surface area contributed by atoms with Crippen LogP contribution in [0, 0.1) is 0 Å². The predicted octanol–water partition coefficient (Wildman–Crippen LogP) is 2.72. The number of rotatable bonds is 2. The Labute approximate surface area is 105 Å². The highest BCUT2D eigenvalue weighted by atomic mass is 15.1. The molecule has 0 amide bonds. The summed E-state index contributed by atoms with van der Waals surface area (Å²) in [7, 11) is 0. The van der Waals surface area contributed by atoms with Crippen LogP contribution in [-0.4, -0.2) is 15.2 Å². The van der Waals surface area contributed by atoms with Crippen molar-refractivity contribution >= 4 is 5.82 Å². The Morgan fingerprint density at radius 1 is 0.944 bits per heavy atom. The molecule has 0 aliphatic rings. The molecule has 88 valence electrons. The fraction of sp³-hybridized carbons (Fsp3) is 0. The number of nitrogens with two attached hydrogens (primary N) is 1. The molecule has 3 aromatic rings. The van der Waals surface area contributed by atoms with Crippen molar-refractivity contribution in [2.45, 2.75) is 0 Å². The SMILES string of the molecule is Nc1[nH]ncc1-c1cccc(-c2ccncc2)c1. The Bertz CT molecular complexity index is 658. The number of anilines is 1. The Kier molecular flexibility index (Phi) is 2.53. The van der Waals surface area contributed by atoms with E-state index < -0.39 is 0 Å². The van der Waals surface area contributed by atoms with Gasteiger partial charge in [0.1, 0.15) is 5.82 Å². The van der Waals surface area contributed by atoms with Gasteiger partial charge in [-0.3, -0.25) is 10.1 Å². The molecule has 4 nitrogen and oxygen atoms in total. The fourth-order valence-electron chi connectivity index (χ4n) is 1.94. The summed E-state index contributed by atoms with van der Waals surface area (Å²) in [5.74, 6) is 0.585. The molecule has 1 aromatic carbocycles. The van der Waals surface area contributed by atoms with Crippen molar-refractivity contribution in [3.63, 3.8) is 0 Å². The third-order valence-electron chi connectivity index (χ3n) is 2.86. The second kappa shape index (κ2) is 4.33. The van der Waals surface area contributed by atoms with Gasteiger partial charge < -0.3 is 5.73 Å². The van der Waals surface area contributed by atoms with Gasteiger partial charge in [-0.15, -0.1) is 0 Å². The lowest BCUT2D eigenvalue weighted by atomic mass is 10.0. The Morgan fingerprint density at radius 3 is 2.44 bits per heavy atom.